The second-order valence-electron chi connectivity index (χ2n) is 11.3. The van der Waals surface area contributed by atoms with Crippen LogP contribution in [0.2, 0.25) is 0 Å². The Labute approximate surface area is 247 Å². The van der Waals surface area contributed by atoms with Crippen LogP contribution in [-0.4, -0.2) is 72.1 Å². The Kier molecular flexibility index (Phi) is 11.2. The number of benzene rings is 1. The fourth-order valence-corrected chi connectivity index (χ4v) is 4.72. The summed E-state index contributed by atoms with van der Waals surface area (Å²) in [4.78, 5) is 55.9. The van der Waals surface area contributed by atoms with Crippen LogP contribution in [0.1, 0.15) is 58.7 Å². The number of amides is 3. The minimum Gasteiger partial charge on any atom is -0.451 e. The first-order chi connectivity index (χ1) is 19.9. The van der Waals surface area contributed by atoms with Gasteiger partial charge in [-0.1, -0.05) is 51.1 Å². The van der Waals surface area contributed by atoms with E-state index in [9.17, 15) is 19.2 Å². The maximum Gasteiger partial charge on any atom is 0.318 e. The lowest BCUT2D eigenvalue weighted by atomic mass is 9.90. The van der Waals surface area contributed by atoms with Crippen LogP contribution in [0.5, 0.6) is 0 Å². The highest BCUT2D eigenvalue weighted by Gasteiger charge is 2.38. The maximum absolute atomic E-state index is 13.5. The number of hydrogen-bond acceptors (Lipinski definition) is 8. The third kappa shape index (κ3) is 8.13. The molecule has 4 atom stereocenters. The average Bonchev–Trinajstić information content (AvgIpc) is 2.97. The summed E-state index contributed by atoms with van der Waals surface area (Å²) in [5.74, 6) is -2.58. The SMILES string of the molecule is CCc1ccc2ccc(/C=C/C(C)(COC)C(=O)OC(C(=O)NC(C)C(=O)N3CCCC(C(N)=O)N3)C(C)C)cc2n1. The van der Waals surface area contributed by atoms with Crippen molar-refractivity contribution in [2.75, 3.05) is 20.3 Å². The molecule has 1 aromatic carbocycles. The molecule has 2 heterocycles. The fourth-order valence-electron chi connectivity index (χ4n) is 4.72. The molecule has 2 aromatic rings. The van der Waals surface area contributed by atoms with Gasteiger partial charge >= 0.3 is 5.97 Å². The Bertz CT molecular complexity index is 1330. The van der Waals surface area contributed by atoms with Crippen LogP contribution in [0.4, 0.5) is 0 Å². The van der Waals surface area contributed by atoms with Crippen LogP contribution in [0.3, 0.4) is 0 Å². The molecule has 3 amide bonds. The highest BCUT2D eigenvalue weighted by Crippen LogP contribution is 2.26. The first-order valence-electron chi connectivity index (χ1n) is 14.3. The number of rotatable bonds is 12. The molecule has 42 heavy (non-hydrogen) atoms. The predicted molar refractivity (Wildman–Crippen MR) is 160 cm³/mol. The van der Waals surface area contributed by atoms with Gasteiger partial charge < -0.3 is 20.5 Å². The number of fused-ring (bicyclic) bond motifs is 1. The van der Waals surface area contributed by atoms with Gasteiger partial charge in [-0.15, -0.1) is 0 Å². The van der Waals surface area contributed by atoms with Gasteiger partial charge in [-0.2, -0.15) is 0 Å². The molecule has 11 heteroatoms. The van der Waals surface area contributed by atoms with Gasteiger partial charge in [0.1, 0.15) is 17.5 Å². The van der Waals surface area contributed by atoms with E-state index in [1.54, 1.807) is 26.8 Å². The van der Waals surface area contributed by atoms with Gasteiger partial charge in [-0.3, -0.25) is 29.2 Å². The van der Waals surface area contributed by atoms with E-state index in [1.807, 2.05) is 36.4 Å². The summed E-state index contributed by atoms with van der Waals surface area (Å²) in [6, 6.07) is 8.32. The van der Waals surface area contributed by atoms with E-state index in [0.29, 0.717) is 19.4 Å². The molecular formula is C31H43N5O6. The normalized spacial score (nSPS) is 18.5. The number of aryl methyl sites for hydroxylation is 1. The fraction of sp³-hybridized carbons (Fsp3) is 0.516. The van der Waals surface area contributed by atoms with Crippen LogP contribution in [0.25, 0.3) is 17.0 Å². The first kappa shape index (κ1) is 32.7. The molecular weight excluding hydrogens is 538 g/mol. The lowest BCUT2D eigenvalue weighted by Crippen LogP contribution is -2.60. The van der Waals surface area contributed by atoms with Crippen molar-refractivity contribution < 1.29 is 28.7 Å². The monoisotopic (exact) mass is 581 g/mol. The van der Waals surface area contributed by atoms with Crippen molar-refractivity contribution in [3.05, 3.63) is 47.7 Å². The molecule has 0 radical (unpaired) electrons. The molecule has 11 nitrogen and oxygen atoms in total. The molecule has 0 aliphatic carbocycles. The minimum atomic E-state index is -1.20. The van der Waals surface area contributed by atoms with Crippen molar-refractivity contribution in [2.24, 2.45) is 17.1 Å². The highest BCUT2D eigenvalue weighted by molar-refractivity contribution is 5.91. The van der Waals surface area contributed by atoms with Gasteiger partial charge in [0, 0.05) is 24.7 Å². The number of nitrogens with one attached hydrogen (secondary N) is 2. The summed E-state index contributed by atoms with van der Waals surface area (Å²) in [6.45, 7) is 9.18. The zero-order chi connectivity index (χ0) is 31.0. The summed E-state index contributed by atoms with van der Waals surface area (Å²) in [5.41, 5.74) is 9.70. The maximum atomic E-state index is 13.5. The number of primary amides is 1. The van der Waals surface area contributed by atoms with E-state index in [2.05, 4.69) is 22.7 Å². The van der Waals surface area contributed by atoms with Gasteiger partial charge in [0.15, 0.2) is 6.10 Å². The van der Waals surface area contributed by atoms with Gasteiger partial charge in [-0.25, -0.2) is 5.43 Å². The second kappa shape index (κ2) is 14.4. The number of nitrogens with zero attached hydrogens (tertiary/aromatic N) is 2. The Hall–Kier alpha value is -3.83. The zero-order valence-electron chi connectivity index (χ0n) is 25.3. The quantitative estimate of drug-likeness (QED) is 0.323. The number of carbonyl (C=O) groups is 4. The molecule has 0 bridgehead atoms. The Morgan fingerprint density at radius 3 is 2.57 bits per heavy atom. The van der Waals surface area contributed by atoms with E-state index in [0.717, 1.165) is 28.6 Å². The lowest BCUT2D eigenvalue weighted by Gasteiger charge is -2.34. The van der Waals surface area contributed by atoms with Crippen molar-refractivity contribution in [2.45, 2.75) is 72.1 Å². The van der Waals surface area contributed by atoms with Crippen LogP contribution in [-0.2, 0) is 35.1 Å². The molecule has 1 aromatic heterocycles. The molecule has 1 aliphatic rings. The molecule has 3 rings (SSSR count). The smallest absolute Gasteiger partial charge is 0.318 e. The van der Waals surface area contributed by atoms with E-state index in [-0.39, 0.29) is 12.5 Å². The Morgan fingerprint density at radius 1 is 1.21 bits per heavy atom. The molecule has 1 saturated heterocycles. The van der Waals surface area contributed by atoms with E-state index in [1.165, 1.54) is 19.0 Å². The van der Waals surface area contributed by atoms with Crippen LogP contribution >= 0.6 is 0 Å². The number of pyridine rings is 1. The van der Waals surface area contributed by atoms with Crippen LogP contribution in [0, 0.1) is 11.3 Å². The highest BCUT2D eigenvalue weighted by atomic mass is 16.6. The lowest BCUT2D eigenvalue weighted by molar-refractivity contribution is -0.168. The van der Waals surface area contributed by atoms with Gasteiger partial charge in [-0.05, 0) is 56.7 Å². The minimum absolute atomic E-state index is 0.0249. The summed E-state index contributed by atoms with van der Waals surface area (Å²) in [7, 11) is 1.49. The van der Waals surface area contributed by atoms with E-state index in [4.69, 9.17) is 15.2 Å². The standard InChI is InChI=1S/C31H43N5O6/c1-7-23-13-12-22-11-10-21(17-25(22)34-23)14-15-31(5,18-41-6)30(40)42-26(19(2)3)28(38)33-20(4)29(39)36-16-8-9-24(35-36)27(32)37/h10-15,17,19-20,24,26,35H,7-9,16,18H2,1-6H3,(H2,32,37)(H,33,38)/b15-14+. The molecule has 228 valence electrons. The predicted octanol–water partition coefficient (Wildman–Crippen LogP) is 2.52. The van der Waals surface area contributed by atoms with Gasteiger partial charge in [0.25, 0.3) is 11.8 Å². The second-order valence-corrected chi connectivity index (χ2v) is 11.3. The third-order valence-electron chi connectivity index (χ3n) is 7.31. The van der Waals surface area contributed by atoms with Crippen molar-refractivity contribution in [3.8, 4) is 0 Å². The van der Waals surface area contributed by atoms with Crippen molar-refractivity contribution in [1.29, 1.82) is 0 Å². The summed E-state index contributed by atoms with van der Waals surface area (Å²) < 4.78 is 11.1. The Balaban J connectivity index is 1.72. The summed E-state index contributed by atoms with van der Waals surface area (Å²) >= 11 is 0. The zero-order valence-corrected chi connectivity index (χ0v) is 25.3. The number of methoxy groups -OCH3 is 1. The molecule has 1 aliphatic heterocycles. The van der Waals surface area contributed by atoms with Crippen molar-refractivity contribution in [1.82, 2.24) is 20.7 Å². The van der Waals surface area contributed by atoms with Gasteiger partial charge in [0.2, 0.25) is 5.91 Å². The number of carbonyl (C=O) groups excluding carboxylic acids is 4. The molecule has 0 spiro atoms. The van der Waals surface area contributed by atoms with E-state index >= 15 is 0 Å². The summed E-state index contributed by atoms with van der Waals surface area (Å²) in [6.07, 6.45) is 4.33. The van der Waals surface area contributed by atoms with Crippen molar-refractivity contribution >= 4 is 40.7 Å². The number of esters is 1. The molecule has 1 fully saturated rings. The summed E-state index contributed by atoms with van der Waals surface area (Å²) in [5, 5.41) is 4.97. The van der Waals surface area contributed by atoms with Crippen molar-refractivity contribution in [3.63, 3.8) is 0 Å². The first-order valence-corrected chi connectivity index (χ1v) is 14.3. The topological polar surface area (TPSA) is 153 Å². The van der Waals surface area contributed by atoms with Crippen LogP contribution < -0.4 is 16.5 Å². The molecule has 4 N–H and O–H groups in total. The van der Waals surface area contributed by atoms with Crippen LogP contribution in [0.15, 0.2) is 36.4 Å². The Morgan fingerprint density at radius 2 is 1.93 bits per heavy atom. The number of hydrazine groups is 1. The molecule has 4 unspecified atom stereocenters. The largest absolute Gasteiger partial charge is 0.451 e. The number of nitrogens with two attached hydrogens (primary N) is 1. The third-order valence-corrected chi connectivity index (χ3v) is 7.31. The van der Waals surface area contributed by atoms with Gasteiger partial charge in [0.05, 0.1) is 12.1 Å². The number of aromatic nitrogens is 1. The average molecular weight is 582 g/mol. The number of ether oxygens (including phenoxy) is 2. The number of hydrogen-bond donors (Lipinski definition) is 3. The molecule has 0 saturated carbocycles. The van der Waals surface area contributed by atoms with E-state index < -0.39 is 47.3 Å².